The van der Waals surface area contributed by atoms with Crippen molar-refractivity contribution in [2.75, 3.05) is 33.1 Å². The van der Waals surface area contributed by atoms with Gasteiger partial charge >= 0.3 is 0 Å². The van der Waals surface area contributed by atoms with Crippen LogP contribution in [0.1, 0.15) is 10.4 Å². The molecule has 0 radical (unpaired) electrons. The zero-order valence-electron chi connectivity index (χ0n) is 15.3. The van der Waals surface area contributed by atoms with Crippen LogP contribution in [-0.4, -0.2) is 47.7 Å². The van der Waals surface area contributed by atoms with Gasteiger partial charge in [-0.05, 0) is 17.7 Å². The van der Waals surface area contributed by atoms with Crippen molar-refractivity contribution in [1.82, 2.24) is 9.55 Å². The van der Waals surface area contributed by atoms with Crippen LogP contribution >= 0.6 is 23.1 Å². The number of thioether (sulfide) groups is 1. The molecule has 1 aliphatic heterocycles. The van der Waals surface area contributed by atoms with Gasteiger partial charge in [0.15, 0.2) is 5.16 Å². The number of nitrogens with one attached hydrogen (secondary N) is 1. The molecule has 0 aliphatic carbocycles. The number of aliphatic hydroxyl groups excluding tert-OH is 1. The van der Waals surface area contributed by atoms with Gasteiger partial charge in [-0.3, -0.25) is 9.36 Å². The molecule has 1 aromatic carbocycles. The van der Waals surface area contributed by atoms with E-state index in [1.54, 1.807) is 23.0 Å². The largest absolute Gasteiger partial charge is 0.497 e. The Morgan fingerprint density at radius 3 is 3.07 bits per heavy atom. The Morgan fingerprint density at radius 1 is 1.44 bits per heavy atom. The van der Waals surface area contributed by atoms with Crippen LogP contribution in [0, 0.1) is 0 Å². The number of hydrogen-bond donors (Lipinski definition) is 2. The van der Waals surface area contributed by atoms with Crippen molar-refractivity contribution in [3.8, 4) is 11.4 Å². The van der Waals surface area contributed by atoms with Crippen LogP contribution in [0.5, 0.6) is 5.75 Å². The molecule has 6 nitrogen and oxygen atoms in total. The molecule has 1 aliphatic rings. The van der Waals surface area contributed by atoms with Crippen molar-refractivity contribution in [2.45, 2.75) is 18.1 Å². The zero-order chi connectivity index (χ0) is 19.0. The van der Waals surface area contributed by atoms with Crippen LogP contribution in [0.15, 0.2) is 34.2 Å². The molecule has 0 saturated heterocycles. The summed E-state index contributed by atoms with van der Waals surface area (Å²) >= 11 is 3.02. The molecule has 2 N–H and O–H groups in total. The Balaban J connectivity index is 1.97. The zero-order valence-corrected chi connectivity index (χ0v) is 17.0. The molecule has 3 aromatic rings. The number of nitrogens with zero attached hydrogens (tertiary/aromatic N) is 2. The van der Waals surface area contributed by atoms with Gasteiger partial charge in [0.25, 0.3) is 5.56 Å². The van der Waals surface area contributed by atoms with E-state index in [2.05, 4.69) is 7.05 Å². The normalized spacial score (nSPS) is 16.5. The Hall–Kier alpha value is -1.87. The maximum atomic E-state index is 13.5. The molecule has 1 atom stereocenters. The van der Waals surface area contributed by atoms with Crippen molar-refractivity contribution in [3.05, 3.63) is 45.1 Å². The predicted molar refractivity (Wildman–Crippen MR) is 109 cm³/mol. The summed E-state index contributed by atoms with van der Waals surface area (Å²) in [7, 11) is 3.79. The quantitative estimate of drug-likeness (QED) is 0.493. The van der Waals surface area contributed by atoms with Crippen LogP contribution < -0.4 is 15.2 Å². The molecule has 142 valence electrons. The smallest absolute Gasteiger partial charge is 0.267 e. The third-order valence-corrected chi connectivity index (χ3v) is 6.82. The van der Waals surface area contributed by atoms with Crippen molar-refractivity contribution < 1.29 is 14.7 Å². The van der Waals surface area contributed by atoms with E-state index >= 15 is 0 Å². The van der Waals surface area contributed by atoms with Gasteiger partial charge < -0.3 is 14.7 Å². The molecule has 0 amide bonds. The third kappa shape index (κ3) is 3.38. The number of benzene rings is 1. The fraction of sp³-hybridized carbons (Fsp3) is 0.368. The first-order valence-electron chi connectivity index (χ1n) is 8.89. The highest BCUT2D eigenvalue weighted by Gasteiger charge is 2.26. The molecule has 4 rings (SSSR count). The number of rotatable bonds is 5. The van der Waals surface area contributed by atoms with Crippen molar-refractivity contribution in [3.63, 3.8) is 0 Å². The first-order valence-corrected chi connectivity index (χ1v) is 10.7. The number of ether oxygens (including phenoxy) is 1. The standard InChI is InChI=1S/C19H21N3O3S2/c1-21-7-6-14-15(11-21)27-17-16(14)18(24)22(19(20-17)26-9-8-23)12-4-3-5-13(10-12)25-2/h3-5,10,23H,6-9,11H2,1-2H3/p+1. The minimum atomic E-state index is -0.0363. The summed E-state index contributed by atoms with van der Waals surface area (Å²) in [6, 6.07) is 7.45. The van der Waals surface area contributed by atoms with E-state index in [9.17, 15) is 9.90 Å². The summed E-state index contributed by atoms with van der Waals surface area (Å²) in [5.74, 6) is 1.18. The molecule has 0 bridgehead atoms. The second-order valence-corrected chi connectivity index (χ2v) is 8.77. The molecular formula is C19H22N3O3S2+. The SMILES string of the molecule is COc1cccc(-n2c(SCCO)nc3sc4c(c3c2=O)CC[NH+](C)C4)c1. The van der Waals surface area contributed by atoms with E-state index in [0.717, 1.165) is 41.0 Å². The van der Waals surface area contributed by atoms with E-state index in [1.165, 1.54) is 21.5 Å². The summed E-state index contributed by atoms with van der Waals surface area (Å²) in [5, 5.41) is 10.6. The Morgan fingerprint density at radius 2 is 2.30 bits per heavy atom. The van der Waals surface area contributed by atoms with Crippen LogP contribution in [0.3, 0.4) is 0 Å². The predicted octanol–water partition coefficient (Wildman–Crippen LogP) is 1.11. The number of likely N-dealkylation sites (N-methyl/N-ethyl adjacent to an activating group) is 1. The Labute approximate surface area is 165 Å². The molecule has 0 saturated carbocycles. The summed E-state index contributed by atoms with van der Waals surface area (Å²) in [5.41, 5.74) is 1.85. The first kappa shape index (κ1) is 18.5. The molecule has 8 heteroatoms. The van der Waals surface area contributed by atoms with Crippen LogP contribution in [-0.2, 0) is 13.0 Å². The van der Waals surface area contributed by atoms with Crippen molar-refractivity contribution in [2.24, 2.45) is 0 Å². The number of aliphatic hydroxyl groups is 1. The average Bonchev–Trinajstić information content (AvgIpc) is 3.03. The van der Waals surface area contributed by atoms with Crippen LogP contribution in [0.25, 0.3) is 15.9 Å². The lowest BCUT2D eigenvalue weighted by Gasteiger charge is -2.19. The highest BCUT2D eigenvalue weighted by atomic mass is 32.2. The molecule has 2 aromatic heterocycles. The minimum Gasteiger partial charge on any atom is -0.497 e. The lowest BCUT2D eigenvalue weighted by molar-refractivity contribution is -0.895. The maximum absolute atomic E-state index is 13.5. The lowest BCUT2D eigenvalue weighted by atomic mass is 10.1. The molecular weight excluding hydrogens is 382 g/mol. The highest BCUT2D eigenvalue weighted by molar-refractivity contribution is 7.99. The topological polar surface area (TPSA) is 68.8 Å². The average molecular weight is 405 g/mol. The van der Waals surface area contributed by atoms with Gasteiger partial charge in [0.05, 0.1) is 43.3 Å². The fourth-order valence-electron chi connectivity index (χ4n) is 3.45. The number of thiophene rings is 1. The lowest BCUT2D eigenvalue weighted by Crippen LogP contribution is -3.08. The molecule has 3 heterocycles. The summed E-state index contributed by atoms with van der Waals surface area (Å²) < 4.78 is 6.98. The maximum Gasteiger partial charge on any atom is 0.267 e. The molecule has 0 fully saturated rings. The highest BCUT2D eigenvalue weighted by Crippen LogP contribution is 2.32. The Kier molecular flexibility index (Phi) is 5.23. The van der Waals surface area contributed by atoms with Gasteiger partial charge in [-0.25, -0.2) is 4.98 Å². The van der Waals surface area contributed by atoms with E-state index in [1.807, 2.05) is 24.3 Å². The summed E-state index contributed by atoms with van der Waals surface area (Å²) in [6.45, 7) is 2.00. The van der Waals surface area contributed by atoms with Gasteiger partial charge in [0.2, 0.25) is 0 Å². The van der Waals surface area contributed by atoms with Crippen molar-refractivity contribution >= 4 is 33.3 Å². The second kappa shape index (κ2) is 7.63. The van der Waals surface area contributed by atoms with Gasteiger partial charge in [0, 0.05) is 18.2 Å². The summed E-state index contributed by atoms with van der Waals surface area (Å²) in [6.07, 6.45) is 0.902. The fourth-order valence-corrected chi connectivity index (χ4v) is 5.58. The number of quaternary nitrogens is 1. The summed E-state index contributed by atoms with van der Waals surface area (Å²) in [4.78, 5) is 21.9. The third-order valence-electron chi connectivity index (χ3n) is 4.78. The molecule has 1 unspecified atom stereocenters. The van der Waals surface area contributed by atoms with Crippen molar-refractivity contribution in [1.29, 1.82) is 0 Å². The van der Waals surface area contributed by atoms with Gasteiger partial charge in [-0.1, -0.05) is 17.8 Å². The van der Waals surface area contributed by atoms with Crippen LogP contribution in [0.2, 0.25) is 0 Å². The first-order chi connectivity index (χ1) is 13.1. The van der Waals surface area contributed by atoms with Gasteiger partial charge in [-0.15, -0.1) is 11.3 Å². The molecule has 0 spiro atoms. The monoisotopic (exact) mass is 404 g/mol. The number of fused-ring (bicyclic) bond motifs is 3. The van der Waals surface area contributed by atoms with Gasteiger partial charge in [-0.2, -0.15) is 0 Å². The van der Waals surface area contributed by atoms with E-state index in [0.29, 0.717) is 16.7 Å². The van der Waals surface area contributed by atoms with Gasteiger partial charge in [0.1, 0.15) is 17.1 Å². The van der Waals surface area contributed by atoms with E-state index in [4.69, 9.17) is 9.72 Å². The Bertz CT molecular complexity index is 1040. The molecule has 27 heavy (non-hydrogen) atoms. The van der Waals surface area contributed by atoms with Crippen LogP contribution in [0.4, 0.5) is 0 Å². The second-order valence-electron chi connectivity index (χ2n) is 6.63. The number of methoxy groups -OCH3 is 1. The number of hydrogen-bond acceptors (Lipinski definition) is 6. The van der Waals surface area contributed by atoms with E-state index in [-0.39, 0.29) is 12.2 Å². The number of aromatic nitrogens is 2. The minimum absolute atomic E-state index is 0.0335. The van der Waals surface area contributed by atoms with E-state index < -0.39 is 0 Å².